The molecule has 1 rings (SSSR count). The van der Waals surface area contributed by atoms with Crippen LogP contribution in [0.2, 0.25) is 0 Å². The van der Waals surface area contributed by atoms with Gasteiger partial charge < -0.3 is 10.5 Å². The zero-order valence-corrected chi connectivity index (χ0v) is 11.7. The Morgan fingerprint density at radius 1 is 1.12 bits per heavy atom. The second-order valence-corrected chi connectivity index (χ2v) is 5.88. The molecule has 0 radical (unpaired) electrons. The monoisotopic (exact) mass is 235 g/mol. The van der Waals surface area contributed by atoms with Gasteiger partial charge in [-0.05, 0) is 46.6 Å². The average Bonchev–Trinajstić information content (AvgIpc) is 2.11. The number of benzene rings is 1. The van der Waals surface area contributed by atoms with Crippen molar-refractivity contribution in [3.8, 4) is 0 Å². The Morgan fingerprint density at radius 3 is 2.12 bits per heavy atom. The Labute approximate surface area is 105 Å². The van der Waals surface area contributed by atoms with Crippen LogP contribution in [0.1, 0.15) is 37.5 Å². The smallest absolute Gasteiger partial charge is 0.0627 e. The number of rotatable bonds is 4. The minimum Gasteiger partial charge on any atom is -0.374 e. The van der Waals surface area contributed by atoms with Crippen LogP contribution in [0, 0.1) is 13.8 Å². The third kappa shape index (κ3) is 5.85. The Kier molecular flexibility index (Phi) is 4.72. The lowest BCUT2D eigenvalue weighted by atomic mass is 10.0. The summed E-state index contributed by atoms with van der Waals surface area (Å²) in [4.78, 5) is 0. The van der Waals surface area contributed by atoms with Crippen LogP contribution in [0.5, 0.6) is 0 Å². The Hall–Kier alpha value is -0.860. The van der Waals surface area contributed by atoms with Gasteiger partial charge in [0.15, 0.2) is 0 Å². The van der Waals surface area contributed by atoms with Gasteiger partial charge in [-0.15, -0.1) is 0 Å². The first-order valence-electron chi connectivity index (χ1n) is 6.23. The topological polar surface area (TPSA) is 35.2 Å². The van der Waals surface area contributed by atoms with Gasteiger partial charge in [0.25, 0.3) is 0 Å². The molecule has 0 aliphatic rings. The maximum Gasteiger partial charge on any atom is 0.0627 e. The van der Waals surface area contributed by atoms with Crippen molar-refractivity contribution >= 4 is 0 Å². The van der Waals surface area contributed by atoms with Crippen LogP contribution in [0.4, 0.5) is 0 Å². The quantitative estimate of drug-likeness (QED) is 0.870. The predicted molar refractivity (Wildman–Crippen MR) is 73.3 cm³/mol. The van der Waals surface area contributed by atoms with E-state index in [0.717, 1.165) is 6.42 Å². The lowest BCUT2D eigenvalue weighted by Gasteiger charge is -2.22. The van der Waals surface area contributed by atoms with E-state index in [2.05, 4.69) is 52.8 Å². The Bertz CT molecular complexity index is 345. The van der Waals surface area contributed by atoms with Crippen molar-refractivity contribution in [2.45, 2.75) is 52.7 Å². The molecule has 1 aromatic rings. The fourth-order valence-corrected chi connectivity index (χ4v) is 1.91. The van der Waals surface area contributed by atoms with Crippen molar-refractivity contribution in [3.63, 3.8) is 0 Å². The van der Waals surface area contributed by atoms with Crippen molar-refractivity contribution in [3.05, 3.63) is 34.9 Å². The van der Waals surface area contributed by atoms with Crippen molar-refractivity contribution in [1.82, 2.24) is 0 Å². The minimum atomic E-state index is -0.111. The first-order chi connectivity index (χ1) is 7.76. The molecule has 0 aromatic heterocycles. The molecule has 2 heteroatoms. The van der Waals surface area contributed by atoms with Gasteiger partial charge in [-0.25, -0.2) is 0 Å². The van der Waals surface area contributed by atoms with Gasteiger partial charge in [0.2, 0.25) is 0 Å². The normalized spacial score (nSPS) is 13.8. The lowest BCUT2D eigenvalue weighted by Crippen LogP contribution is -2.33. The molecule has 2 N–H and O–H groups in total. The highest BCUT2D eigenvalue weighted by Gasteiger charge is 2.13. The molecular formula is C15H25NO. The summed E-state index contributed by atoms with van der Waals surface area (Å²) >= 11 is 0. The van der Waals surface area contributed by atoms with E-state index in [1.807, 2.05) is 0 Å². The molecule has 2 nitrogen and oxygen atoms in total. The summed E-state index contributed by atoms with van der Waals surface area (Å²) in [7, 11) is 0. The van der Waals surface area contributed by atoms with Crippen LogP contribution < -0.4 is 5.73 Å². The van der Waals surface area contributed by atoms with E-state index < -0.39 is 0 Å². The molecule has 96 valence electrons. The molecule has 1 aromatic carbocycles. The van der Waals surface area contributed by atoms with Crippen LogP contribution in [-0.4, -0.2) is 18.2 Å². The second-order valence-electron chi connectivity index (χ2n) is 5.88. The molecular weight excluding hydrogens is 210 g/mol. The summed E-state index contributed by atoms with van der Waals surface area (Å²) in [5.41, 5.74) is 9.87. The molecule has 0 aliphatic carbocycles. The number of ether oxygens (including phenoxy) is 1. The number of nitrogens with two attached hydrogens (primary N) is 1. The summed E-state index contributed by atoms with van der Waals surface area (Å²) in [5.74, 6) is 0. The number of aryl methyl sites for hydroxylation is 2. The summed E-state index contributed by atoms with van der Waals surface area (Å²) < 4.78 is 5.70. The van der Waals surface area contributed by atoms with Crippen LogP contribution in [0.3, 0.4) is 0 Å². The molecule has 0 spiro atoms. The fraction of sp³-hybridized carbons (Fsp3) is 0.600. The zero-order valence-electron chi connectivity index (χ0n) is 11.7. The Balaban J connectivity index is 2.53. The van der Waals surface area contributed by atoms with Gasteiger partial charge in [0, 0.05) is 6.04 Å². The van der Waals surface area contributed by atoms with Gasteiger partial charge in [-0.2, -0.15) is 0 Å². The van der Waals surface area contributed by atoms with Crippen molar-refractivity contribution in [1.29, 1.82) is 0 Å². The van der Waals surface area contributed by atoms with E-state index in [1.165, 1.54) is 16.7 Å². The van der Waals surface area contributed by atoms with E-state index in [4.69, 9.17) is 10.5 Å². The van der Waals surface area contributed by atoms with E-state index in [9.17, 15) is 0 Å². The highest BCUT2D eigenvalue weighted by molar-refractivity contribution is 5.29. The van der Waals surface area contributed by atoms with Gasteiger partial charge in [-0.3, -0.25) is 0 Å². The summed E-state index contributed by atoms with van der Waals surface area (Å²) in [6.45, 7) is 11.0. The average molecular weight is 235 g/mol. The van der Waals surface area contributed by atoms with Gasteiger partial charge in [-0.1, -0.05) is 29.3 Å². The standard InChI is InChI=1S/C15H25NO/c1-11-6-12(2)8-13(7-11)9-14(16)10-17-15(3,4)5/h6-8,14H,9-10,16H2,1-5H3. The van der Waals surface area contributed by atoms with Crippen molar-refractivity contribution in [2.75, 3.05) is 6.61 Å². The maximum atomic E-state index is 6.09. The van der Waals surface area contributed by atoms with E-state index in [-0.39, 0.29) is 11.6 Å². The molecule has 1 atom stereocenters. The number of hydrogen-bond acceptors (Lipinski definition) is 2. The largest absolute Gasteiger partial charge is 0.374 e. The fourth-order valence-electron chi connectivity index (χ4n) is 1.91. The van der Waals surface area contributed by atoms with Gasteiger partial charge >= 0.3 is 0 Å². The molecule has 0 bridgehead atoms. The van der Waals surface area contributed by atoms with Crippen molar-refractivity contribution in [2.24, 2.45) is 5.73 Å². The highest BCUT2D eigenvalue weighted by Crippen LogP contribution is 2.12. The van der Waals surface area contributed by atoms with Gasteiger partial charge in [0.1, 0.15) is 0 Å². The molecule has 0 amide bonds. The Morgan fingerprint density at radius 2 is 1.65 bits per heavy atom. The highest BCUT2D eigenvalue weighted by atomic mass is 16.5. The lowest BCUT2D eigenvalue weighted by molar-refractivity contribution is -0.00983. The first kappa shape index (κ1) is 14.2. The van der Waals surface area contributed by atoms with Crippen LogP contribution in [0.25, 0.3) is 0 Å². The first-order valence-corrected chi connectivity index (χ1v) is 6.23. The summed E-state index contributed by atoms with van der Waals surface area (Å²) in [6.07, 6.45) is 0.874. The minimum absolute atomic E-state index is 0.0652. The molecule has 0 saturated carbocycles. The molecule has 17 heavy (non-hydrogen) atoms. The second kappa shape index (κ2) is 5.65. The van der Waals surface area contributed by atoms with E-state index >= 15 is 0 Å². The maximum absolute atomic E-state index is 6.09. The molecule has 0 aliphatic heterocycles. The van der Waals surface area contributed by atoms with E-state index in [1.54, 1.807) is 0 Å². The van der Waals surface area contributed by atoms with E-state index in [0.29, 0.717) is 6.61 Å². The molecule has 0 heterocycles. The summed E-state index contributed by atoms with van der Waals surface area (Å²) in [6, 6.07) is 6.64. The third-order valence-corrected chi connectivity index (χ3v) is 2.51. The zero-order chi connectivity index (χ0) is 13.1. The number of hydrogen-bond donors (Lipinski definition) is 1. The van der Waals surface area contributed by atoms with Crippen LogP contribution in [-0.2, 0) is 11.2 Å². The molecule has 0 saturated heterocycles. The van der Waals surface area contributed by atoms with Gasteiger partial charge in [0.05, 0.1) is 12.2 Å². The van der Waals surface area contributed by atoms with Crippen LogP contribution in [0.15, 0.2) is 18.2 Å². The van der Waals surface area contributed by atoms with Crippen LogP contribution >= 0.6 is 0 Å². The molecule has 1 unspecified atom stereocenters. The predicted octanol–water partition coefficient (Wildman–Crippen LogP) is 2.99. The summed E-state index contributed by atoms with van der Waals surface area (Å²) in [5, 5.41) is 0. The molecule has 0 fully saturated rings. The van der Waals surface area contributed by atoms with Crippen molar-refractivity contribution < 1.29 is 4.74 Å². The third-order valence-electron chi connectivity index (χ3n) is 2.51. The SMILES string of the molecule is Cc1cc(C)cc(CC(N)COC(C)(C)C)c1.